The third kappa shape index (κ3) is 12.4. The van der Waals surface area contributed by atoms with E-state index in [1.807, 2.05) is 24.3 Å². The van der Waals surface area contributed by atoms with Crippen LogP contribution in [0.1, 0.15) is 121 Å². The number of aliphatic hydroxyl groups excluding tert-OH is 1. The number of aliphatic hydroxyl groups is 1. The van der Waals surface area contributed by atoms with Gasteiger partial charge in [0, 0.05) is 11.5 Å². The number of hydrogen-bond donors (Lipinski definition) is 1. The molecule has 0 saturated heterocycles. The maximum atomic E-state index is 12.9. The van der Waals surface area contributed by atoms with Crippen molar-refractivity contribution in [3.8, 4) is 5.75 Å². The van der Waals surface area contributed by atoms with Crippen LogP contribution in [0.5, 0.6) is 5.75 Å². The molecule has 0 spiro atoms. The number of rotatable bonds is 20. The number of hydrogen-bond acceptors (Lipinski definition) is 3. The van der Waals surface area contributed by atoms with Crippen molar-refractivity contribution in [1.29, 1.82) is 0 Å². The van der Waals surface area contributed by atoms with Crippen LogP contribution in [0.4, 0.5) is 0 Å². The summed E-state index contributed by atoms with van der Waals surface area (Å²) in [5.41, 5.74) is 0.781. The maximum absolute atomic E-state index is 12.9. The lowest BCUT2D eigenvalue weighted by Crippen LogP contribution is -2.15. The van der Waals surface area contributed by atoms with E-state index in [1.165, 1.54) is 70.6 Å². The van der Waals surface area contributed by atoms with Crippen molar-refractivity contribution < 1.29 is 14.6 Å². The molecule has 0 amide bonds. The third-order valence-electron chi connectivity index (χ3n) is 5.91. The zero-order chi connectivity index (χ0) is 21.9. The first-order chi connectivity index (χ1) is 14.7. The van der Waals surface area contributed by atoms with Gasteiger partial charge in [-0.1, -0.05) is 97.3 Å². The Bertz CT molecular complexity index is 523. The summed E-state index contributed by atoms with van der Waals surface area (Å²) in [6.45, 7) is 4.71. The molecule has 0 aliphatic rings. The highest BCUT2D eigenvalue weighted by Gasteiger charge is 2.19. The van der Waals surface area contributed by atoms with Gasteiger partial charge in [0.1, 0.15) is 12.4 Å². The predicted octanol–water partition coefficient (Wildman–Crippen LogP) is 7.75. The number of carbonyl (C=O) groups excluding carboxylic acids is 1. The largest absolute Gasteiger partial charge is 0.491 e. The molecule has 1 rings (SSSR count). The highest BCUT2D eigenvalue weighted by atomic mass is 16.5. The topological polar surface area (TPSA) is 46.5 Å². The van der Waals surface area contributed by atoms with Gasteiger partial charge in [-0.05, 0) is 37.1 Å². The van der Waals surface area contributed by atoms with E-state index in [1.54, 1.807) is 0 Å². The molecule has 1 N–H and O–H groups in total. The second-order valence-electron chi connectivity index (χ2n) is 8.62. The molecule has 1 unspecified atom stereocenters. The first-order valence-electron chi connectivity index (χ1n) is 12.6. The number of Topliss-reactive ketones (excluding diaryl/α,β-unsaturated/α-hetero) is 1. The van der Waals surface area contributed by atoms with Gasteiger partial charge < -0.3 is 9.84 Å². The molecule has 1 aromatic carbocycles. The Morgan fingerprint density at radius 1 is 0.767 bits per heavy atom. The van der Waals surface area contributed by atoms with Gasteiger partial charge in [0.05, 0.1) is 6.61 Å². The Labute approximate surface area is 185 Å². The smallest absolute Gasteiger partial charge is 0.165 e. The fourth-order valence-electron chi connectivity index (χ4n) is 4.10. The van der Waals surface area contributed by atoms with Crippen LogP contribution in [-0.2, 0) is 0 Å². The summed E-state index contributed by atoms with van der Waals surface area (Å²) in [6.07, 6.45) is 19.2. The molecule has 0 radical (unpaired) electrons. The summed E-state index contributed by atoms with van der Waals surface area (Å²) < 4.78 is 5.39. The van der Waals surface area contributed by atoms with Gasteiger partial charge in [-0.2, -0.15) is 0 Å². The van der Waals surface area contributed by atoms with Crippen LogP contribution in [-0.4, -0.2) is 24.1 Å². The molecule has 0 aliphatic heterocycles. The van der Waals surface area contributed by atoms with Gasteiger partial charge in [-0.3, -0.25) is 4.79 Å². The van der Waals surface area contributed by atoms with Gasteiger partial charge in [-0.25, -0.2) is 0 Å². The van der Waals surface area contributed by atoms with Crippen molar-refractivity contribution in [3.63, 3.8) is 0 Å². The number of carbonyl (C=O) groups is 1. The molecule has 0 heterocycles. The Balaban J connectivity index is 2.20. The molecule has 1 atom stereocenters. The summed E-state index contributed by atoms with van der Waals surface area (Å²) in [6, 6.07) is 7.38. The van der Waals surface area contributed by atoms with E-state index in [0.29, 0.717) is 5.75 Å². The summed E-state index contributed by atoms with van der Waals surface area (Å²) in [4.78, 5) is 12.9. The van der Waals surface area contributed by atoms with Crippen molar-refractivity contribution >= 4 is 5.78 Å². The molecular formula is C27H46O3. The molecule has 3 nitrogen and oxygen atoms in total. The number of ketones is 1. The highest BCUT2D eigenvalue weighted by molar-refractivity contribution is 5.97. The van der Waals surface area contributed by atoms with Crippen LogP contribution >= 0.6 is 0 Å². The van der Waals surface area contributed by atoms with Crippen molar-refractivity contribution in [3.05, 3.63) is 29.8 Å². The first-order valence-corrected chi connectivity index (χ1v) is 12.6. The number of unbranched alkanes of at least 4 members (excludes halogenated alkanes) is 11. The lowest BCUT2D eigenvalue weighted by Gasteiger charge is -2.15. The van der Waals surface area contributed by atoms with E-state index in [4.69, 9.17) is 9.84 Å². The number of ether oxygens (including phenoxy) is 1. The van der Waals surface area contributed by atoms with E-state index in [2.05, 4.69) is 13.8 Å². The molecule has 172 valence electrons. The van der Waals surface area contributed by atoms with Crippen molar-refractivity contribution in [2.75, 3.05) is 13.2 Å². The Morgan fingerprint density at radius 3 is 1.80 bits per heavy atom. The standard InChI is InChI=1S/C27H46O3/c1-3-5-6-7-8-9-10-11-12-13-14-15-17-24(16-4-2)27(29)25-18-20-26(21-19-25)30-23-22-28/h18-21,24,28H,3-17,22-23H2,1-2H3. The summed E-state index contributed by atoms with van der Waals surface area (Å²) >= 11 is 0. The average molecular weight is 419 g/mol. The highest BCUT2D eigenvalue weighted by Crippen LogP contribution is 2.23. The fraction of sp³-hybridized carbons (Fsp3) is 0.741. The lowest BCUT2D eigenvalue weighted by molar-refractivity contribution is 0.0903. The van der Waals surface area contributed by atoms with Crippen LogP contribution in [0.2, 0.25) is 0 Å². The molecule has 1 aromatic rings. The van der Waals surface area contributed by atoms with Gasteiger partial charge in [0.2, 0.25) is 0 Å². The van der Waals surface area contributed by atoms with Crippen LogP contribution in [0.25, 0.3) is 0 Å². The van der Waals surface area contributed by atoms with Crippen LogP contribution in [0, 0.1) is 5.92 Å². The van der Waals surface area contributed by atoms with E-state index in [-0.39, 0.29) is 24.9 Å². The Hall–Kier alpha value is -1.35. The summed E-state index contributed by atoms with van der Waals surface area (Å²) in [7, 11) is 0. The minimum atomic E-state index is -0.00168. The molecule has 3 heteroatoms. The van der Waals surface area contributed by atoms with Crippen LogP contribution in [0.15, 0.2) is 24.3 Å². The van der Waals surface area contributed by atoms with Gasteiger partial charge in [-0.15, -0.1) is 0 Å². The fourth-order valence-corrected chi connectivity index (χ4v) is 4.10. The van der Waals surface area contributed by atoms with Crippen molar-refractivity contribution in [1.82, 2.24) is 0 Å². The predicted molar refractivity (Wildman–Crippen MR) is 127 cm³/mol. The lowest BCUT2D eigenvalue weighted by atomic mass is 9.88. The Kier molecular flexibility index (Phi) is 16.4. The Morgan fingerprint density at radius 2 is 1.30 bits per heavy atom. The minimum absolute atomic E-state index is 0.00168. The van der Waals surface area contributed by atoms with Crippen LogP contribution in [0.3, 0.4) is 0 Å². The average Bonchev–Trinajstić information content (AvgIpc) is 2.77. The van der Waals surface area contributed by atoms with E-state index in [0.717, 1.165) is 31.2 Å². The first kappa shape index (κ1) is 26.7. The summed E-state index contributed by atoms with van der Waals surface area (Å²) in [5, 5.41) is 8.83. The molecule has 0 aromatic heterocycles. The van der Waals surface area contributed by atoms with Gasteiger partial charge in [0.15, 0.2) is 5.78 Å². The van der Waals surface area contributed by atoms with Crippen LogP contribution < -0.4 is 4.74 Å². The second kappa shape index (κ2) is 18.4. The second-order valence-corrected chi connectivity index (χ2v) is 8.62. The zero-order valence-electron chi connectivity index (χ0n) is 19.7. The van der Waals surface area contributed by atoms with E-state index >= 15 is 0 Å². The monoisotopic (exact) mass is 418 g/mol. The molecule has 0 aliphatic carbocycles. The van der Waals surface area contributed by atoms with Crippen molar-refractivity contribution in [2.45, 2.75) is 110 Å². The summed E-state index contributed by atoms with van der Waals surface area (Å²) in [5.74, 6) is 1.12. The molecular weight excluding hydrogens is 372 g/mol. The van der Waals surface area contributed by atoms with E-state index < -0.39 is 0 Å². The molecule has 30 heavy (non-hydrogen) atoms. The number of benzene rings is 1. The molecule has 0 saturated carbocycles. The molecule has 0 fully saturated rings. The maximum Gasteiger partial charge on any atom is 0.165 e. The quantitative estimate of drug-likeness (QED) is 0.174. The zero-order valence-corrected chi connectivity index (χ0v) is 19.7. The molecule has 0 bridgehead atoms. The van der Waals surface area contributed by atoms with Gasteiger partial charge >= 0.3 is 0 Å². The normalized spacial score (nSPS) is 12.1. The minimum Gasteiger partial charge on any atom is -0.491 e. The van der Waals surface area contributed by atoms with Crippen molar-refractivity contribution in [2.24, 2.45) is 5.92 Å². The van der Waals surface area contributed by atoms with E-state index in [9.17, 15) is 4.79 Å². The van der Waals surface area contributed by atoms with Gasteiger partial charge in [0.25, 0.3) is 0 Å². The third-order valence-corrected chi connectivity index (χ3v) is 5.91. The SMILES string of the molecule is CCCCCCCCCCCCCCC(CCC)C(=O)c1ccc(OCCO)cc1.